The summed E-state index contributed by atoms with van der Waals surface area (Å²) in [6.07, 6.45) is 3.69. The Kier molecular flexibility index (Phi) is 6.22. The number of hydrogen-bond acceptors (Lipinski definition) is 4. The minimum absolute atomic E-state index is 0.190. The summed E-state index contributed by atoms with van der Waals surface area (Å²) in [7, 11) is 0. The Labute approximate surface area is 146 Å². The van der Waals surface area contributed by atoms with E-state index < -0.39 is 0 Å². The van der Waals surface area contributed by atoms with Gasteiger partial charge in [0, 0.05) is 12.2 Å². The molecule has 6 heteroatoms. The molecule has 0 amide bonds. The van der Waals surface area contributed by atoms with Gasteiger partial charge in [0.25, 0.3) is 0 Å². The molecule has 1 heterocycles. The van der Waals surface area contributed by atoms with Gasteiger partial charge < -0.3 is 10.5 Å². The summed E-state index contributed by atoms with van der Waals surface area (Å²) in [6, 6.07) is 4.34. The average Bonchev–Trinajstić information content (AvgIpc) is 2.83. The van der Waals surface area contributed by atoms with E-state index in [0.717, 1.165) is 37.4 Å². The number of hydrogen-bond donors (Lipinski definition) is 1. The molecule has 0 fully saturated rings. The van der Waals surface area contributed by atoms with Crippen LogP contribution in [0.2, 0.25) is 0 Å². The van der Waals surface area contributed by atoms with Gasteiger partial charge in [-0.3, -0.25) is 0 Å². The minimum atomic E-state index is 0.190. The third kappa shape index (κ3) is 4.77. The molecule has 0 aliphatic rings. The molecule has 114 valence electrons. The molecule has 2 rings (SSSR count). The van der Waals surface area contributed by atoms with Gasteiger partial charge in [0.15, 0.2) is 0 Å². The third-order valence-electron chi connectivity index (χ3n) is 3.11. The first-order valence-electron chi connectivity index (χ1n) is 6.77. The molecule has 2 aromatic rings. The van der Waals surface area contributed by atoms with Crippen LogP contribution in [0, 0.1) is 6.92 Å². The first-order valence-corrected chi connectivity index (χ1v) is 9.17. The van der Waals surface area contributed by atoms with E-state index in [1.807, 2.05) is 13.1 Å². The van der Waals surface area contributed by atoms with Gasteiger partial charge in [-0.2, -0.15) is 0 Å². The van der Waals surface area contributed by atoms with Crippen LogP contribution in [0.5, 0.6) is 5.75 Å². The maximum Gasteiger partial charge on any atom is 0.148 e. The number of aryl methyl sites for hydroxylation is 1. The molecule has 2 N–H and O–H groups in total. The van der Waals surface area contributed by atoms with Gasteiger partial charge in [0.1, 0.15) is 12.4 Å². The molecule has 0 aliphatic carbocycles. The number of benzene rings is 1. The van der Waals surface area contributed by atoms with E-state index in [1.165, 1.54) is 5.56 Å². The first kappa shape index (κ1) is 16.9. The number of aromatic nitrogens is 1. The predicted octanol–water partition coefficient (Wildman–Crippen LogP) is 4.84. The lowest BCUT2D eigenvalue weighted by atomic mass is 10.0. The van der Waals surface area contributed by atoms with E-state index in [4.69, 9.17) is 10.5 Å². The van der Waals surface area contributed by atoms with E-state index in [0.29, 0.717) is 6.61 Å². The molecular weight excluding hydrogens is 416 g/mol. The predicted molar refractivity (Wildman–Crippen MR) is 95.0 cm³/mol. The summed E-state index contributed by atoms with van der Waals surface area (Å²) in [5, 5.41) is 1.05. The topological polar surface area (TPSA) is 48.1 Å². The van der Waals surface area contributed by atoms with Crippen molar-refractivity contribution < 1.29 is 4.74 Å². The Morgan fingerprint density at radius 2 is 2.00 bits per heavy atom. The van der Waals surface area contributed by atoms with Gasteiger partial charge in [-0.25, -0.2) is 4.98 Å². The summed E-state index contributed by atoms with van der Waals surface area (Å²) in [4.78, 5) is 5.35. The molecular formula is C15H18Br2N2OS. The maximum absolute atomic E-state index is 6.01. The Morgan fingerprint density at radius 1 is 1.33 bits per heavy atom. The zero-order chi connectivity index (χ0) is 15.4. The zero-order valence-electron chi connectivity index (χ0n) is 12.0. The second kappa shape index (κ2) is 7.72. The van der Waals surface area contributed by atoms with Crippen LogP contribution in [-0.2, 0) is 13.0 Å². The van der Waals surface area contributed by atoms with Crippen LogP contribution < -0.4 is 10.5 Å². The number of nitrogens with two attached hydrogens (primary N) is 1. The second-order valence-electron chi connectivity index (χ2n) is 4.90. The third-order valence-corrected chi connectivity index (χ3v) is 5.17. The lowest BCUT2D eigenvalue weighted by Crippen LogP contribution is -2.21. The Balaban J connectivity index is 2.09. The molecule has 1 unspecified atom stereocenters. The number of thiazole rings is 1. The smallest absolute Gasteiger partial charge is 0.148 e. The molecule has 0 spiro atoms. The summed E-state index contributed by atoms with van der Waals surface area (Å²) < 4.78 is 7.78. The number of halogens is 2. The standard InChI is InChI=1S/C15H18Br2N2OS/c1-3-11(18)4-10-5-13(16)15(14(17)6-10)20-8-12-7-19-9(2)21-12/h5-7,11H,3-4,8,18H2,1-2H3. The van der Waals surface area contributed by atoms with Crippen LogP contribution in [0.15, 0.2) is 27.3 Å². The van der Waals surface area contributed by atoms with Crippen LogP contribution in [0.4, 0.5) is 0 Å². The van der Waals surface area contributed by atoms with Crippen molar-refractivity contribution in [1.82, 2.24) is 4.98 Å². The van der Waals surface area contributed by atoms with Crippen molar-refractivity contribution >= 4 is 43.2 Å². The van der Waals surface area contributed by atoms with E-state index in [-0.39, 0.29) is 6.04 Å². The molecule has 0 saturated carbocycles. The fourth-order valence-corrected chi connectivity index (χ4v) is 4.15. The largest absolute Gasteiger partial charge is 0.486 e. The first-order chi connectivity index (χ1) is 9.99. The van der Waals surface area contributed by atoms with Crippen LogP contribution in [0.1, 0.15) is 28.8 Å². The highest BCUT2D eigenvalue weighted by atomic mass is 79.9. The highest BCUT2D eigenvalue weighted by Crippen LogP contribution is 2.36. The molecule has 1 aromatic carbocycles. The molecule has 21 heavy (non-hydrogen) atoms. The summed E-state index contributed by atoms with van der Waals surface area (Å²) in [5.74, 6) is 0.815. The molecule has 1 aromatic heterocycles. The lowest BCUT2D eigenvalue weighted by Gasteiger charge is -2.13. The molecule has 0 saturated heterocycles. The monoisotopic (exact) mass is 432 g/mol. The van der Waals surface area contributed by atoms with Crippen LogP contribution in [0.3, 0.4) is 0 Å². The zero-order valence-corrected chi connectivity index (χ0v) is 16.0. The molecule has 0 bridgehead atoms. The van der Waals surface area contributed by atoms with E-state index in [9.17, 15) is 0 Å². The van der Waals surface area contributed by atoms with E-state index >= 15 is 0 Å². The van der Waals surface area contributed by atoms with Crippen molar-refractivity contribution in [1.29, 1.82) is 0 Å². The maximum atomic E-state index is 6.01. The van der Waals surface area contributed by atoms with Gasteiger partial charge in [-0.05, 0) is 69.3 Å². The van der Waals surface area contributed by atoms with Gasteiger partial charge in [-0.1, -0.05) is 6.92 Å². The average molecular weight is 434 g/mol. The van der Waals surface area contributed by atoms with Crippen molar-refractivity contribution in [3.63, 3.8) is 0 Å². The normalized spacial score (nSPS) is 12.4. The SMILES string of the molecule is CCC(N)Cc1cc(Br)c(OCc2cnc(C)s2)c(Br)c1. The fourth-order valence-electron chi connectivity index (χ4n) is 1.93. The fraction of sp³-hybridized carbons (Fsp3) is 0.400. The summed E-state index contributed by atoms with van der Waals surface area (Å²) in [6.45, 7) is 4.62. The van der Waals surface area contributed by atoms with Gasteiger partial charge in [0.05, 0.1) is 18.8 Å². The molecule has 1 atom stereocenters. The minimum Gasteiger partial charge on any atom is -0.486 e. The number of ether oxygens (including phenoxy) is 1. The van der Waals surface area contributed by atoms with Crippen molar-refractivity contribution in [2.45, 2.75) is 39.3 Å². The van der Waals surface area contributed by atoms with Crippen molar-refractivity contribution in [2.24, 2.45) is 5.73 Å². The lowest BCUT2D eigenvalue weighted by molar-refractivity contribution is 0.305. The van der Waals surface area contributed by atoms with Crippen LogP contribution in [0.25, 0.3) is 0 Å². The van der Waals surface area contributed by atoms with Crippen molar-refractivity contribution in [2.75, 3.05) is 0 Å². The van der Waals surface area contributed by atoms with Crippen LogP contribution >= 0.6 is 43.2 Å². The van der Waals surface area contributed by atoms with Gasteiger partial charge in [0.2, 0.25) is 0 Å². The van der Waals surface area contributed by atoms with E-state index in [1.54, 1.807) is 11.3 Å². The quantitative estimate of drug-likeness (QED) is 0.709. The number of nitrogens with zero attached hydrogens (tertiary/aromatic N) is 1. The highest BCUT2D eigenvalue weighted by molar-refractivity contribution is 9.11. The Bertz CT molecular complexity index is 592. The molecule has 0 radical (unpaired) electrons. The van der Waals surface area contributed by atoms with E-state index in [2.05, 4.69) is 55.9 Å². The Morgan fingerprint density at radius 3 is 2.52 bits per heavy atom. The Hall–Kier alpha value is -0.430. The van der Waals surface area contributed by atoms with Gasteiger partial charge in [-0.15, -0.1) is 11.3 Å². The highest BCUT2D eigenvalue weighted by Gasteiger charge is 2.11. The second-order valence-corrected chi connectivity index (χ2v) is 7.92. The molecule has 3 nitrogen and oxygen atoms in total. The summed E-state index contributed by atoms with van der Waals surface area (Å²) in [5.41, 5.74) is 7.21. The number of rotatable bonds is 6. The van der Waals surface area contributed by atoms with Crippen molar-refractivity contribution in [3.05, 3.63) is 42.7 Å². The van der Waals surface area contributed by atoms with Crippen molar-refractivity contribution in [3.8, 4) is 5.75 Å². The summed E-state index contributed by atoms with van der Waals surface area (Å²) >= 11 is 8.81. The van der Waals surface area contributed by atoms with Gasteiger partial charge >= 0.3 is 0 Å². The molecule has 0 aliphatic heterocycles. The van der Waals surface area contributed by atoms with Crippen LogP contribution in [-0.4, -0.2) is 11.0 Å².